The van der Waals surface area contributed by atoms with Crippen molar-refractivity contribution in [3.05, 3.63) is 35.0 Å². The maximum absolute atomic E-state index is 2.55. The van der Waals surface area contributed by atoms with Crippen LogP contribution in [0.1, 0.15) is 39.5 Å². The molecule has 3 aliphatic rings. The first kappa shape index (κ1) is 13.7. The predicted molar refractivity (Wildman–Crippen MR) is 88.1 cm³/mol. The van der Waals surface area contributed by atoms with Crippen LogP contribution in [0.3, 0.4) is 0 Å². The molecule has 1 spiro atoms. The fraction of sp³-hybridized carbons (Fsp3) is 0.625. The van der Waals surface area contributed by atoms with Gasteiger partial charge in [0.1, 0.15) is 4.08 Å². The molecule has 0 saturated heterocycles. The van der Waals surface area contributed by atoms with Gasteiger partial charge in [0.2, 0.25) is 0 Å². The molecule has 0 aliphatic carbocycles. The van der Waals surface area contributed by atoms with Gasteiger partial charge in [-0.25, -0.2) is 0 Å². The summed E-state index contributed by atoms with van der Waals surface area (Å²) in [5, 5.41) is 2.27. The standard InChI is InChI=1S/C16H23NS2/c1-3-5-6-13(4-2)11-17-12-14-7-9-18-16(14)15(17)8-10-19-16/h7-9,12-13H,3-6,10-11H2,1-2H3. The van der Waals surface area contributed by atoms with Crippen LogP contribution in [0.25, 0.3) is 0 Å². The lowest BCUT2D eigenvalue weighted by molar-refractivity contribution is 0.336. The van der Waals surface area contributed by atoms with E-state index in [1.54, 1.807) is 5.70 Å². The summed E-state index contributed by atoms with van der Waals surface area (Å²) in [4.78, 5) is 2.55. The Morgan fingerprint density at radius 2 is 2.32 bits per heavy atom. The number of nitrogens with zero attached hydrogens (tertiary/aromatic N) is 1. The molecule has 0 saturated carbocycles. The number of hydrogen-bond acceptors (Lipinski definition) is 3. The zero-order chi connectivity index (χ0) is 13.3. The van der Waals surface area contributed by atoms with Gasteiger partial charge in [0.15, 0.2) is 0 Å². The van der Waals surface area contributed by atoms with Crippen molar-refractivity contribution < 1.29 is 0 Å². The van der Waals surface area contributed by atoms with Crippen molar-refractivity contribution in [1.82, 2.24) is 4.90 Å². The normalized spacial score (nSPS) is 29.3. The van der Waals surface area contributed by atoms with E-state index in [-0.39, 0.29) is 4.08 Å². The SMILES string of the molecule is CCCCC(CC)CN1C=C2C=CSC23SCC=C13. The molecule has 0 radical (unpaired) electrons. The minimum atomic E-state index is 0.239. The smallest absolute Gasteiger partial charge is 0.132 e. The lowest BCUT2D eigenvalue weighted by Gasteiger charge is -2.29. The van der Waals surface area contributed by atoms with E-state index in [1.807, 2.05) is 11.8 Å². The quantitative estimate of drug-likeness (QED) is 0.679. The Balaban J connectivity index is 1.72. The largest absolute Gasteiger partial charge is 0.349 e. The molecule has 104 valence electrons. The first-order valence-corrected chi connectivity index (χ1v) is 9.34. The van der Waals surface area contributed by atoms with Crippen molar-refractivity contribution in [3.8, 4) is 0 Å². The molecule has 2 unspecified atom stereocenters. The first-order chi connectivity index (χ1) is 9.30. The molecule has 19 heavy (non-hydrogen) atoms. The topological polar surface area (TPSA) is 3.24 Å². The third-order valence-electron chi connectivity index (χ3n) is 4.36. The van der Waals surface area contributed by atoms with Gasteiger partial charge in [-0.2, -0.15) is 0 Å². The minimum Gasteiger partial charge on any atom is -0.349 e. The van der Waals surface area contributed by atoms with Gasteiger partial charge in [-0.1, -0.05) is 39.2 Å². The number of unbranched alkanes of at least 4 members (excludes halogenated alkanes) is 1. The Morgan fingerprint density at radius 1 is 1.42 bits per heavy atom. The molecule has 3 heterocycles. The highest BCUT2D eigenvalue weighted by atomic mass is 32.2. The molecule has 0 aromatic heterocycles. The molecule has 0 amide bonds. The van der Waals surface area contributed by atoms with Gasteiger partial charge in [-0.05, 0) is 23.8 Å². The average Bonchev–Trinajstić information content (AvgIpc) is 3.06. The number of allylic oxidation sites excluding steroid dienone is 1. The van der Waals surface area contributed by atoms with Crippen molar-refractivity contribution in [3.63, 3.8) is 0 Å². The van der Waals surface area contributed by atoms with Crippen LogP contribution >= 0.6 is 23.5 Å². The Bertz CT molecular complexity index is 438. The van der Waals surface area contributed by atoms with Crippen molar-refractivity contribution >= 4 is 23.5 Å². The number of rotatable bonds is 6. The van der Waals surface area contributed by atoms with Crippen LogP contribution in [-0.4, -0.2) is 21.3 Å². The molecule has 0 aromatic rings. The molecule has 3 rings (SSSR count). The maximum Gasteiger partial charge on any atom is 0.132 e. The molecule has 3 heteroatoms. The van der Waals surface area contributed by atoms with Crippen LogP contribution in [0, 0.1) is 5.92 Å². The van der Waals surface area contributed by atoms with Crippen LogP contribution in [0.4, 0.5) is 0 Å². The van der Waals surface area contributed by atoms with Crippen LogP contribution in [0.5, 0.6) is 0 Å². The molecule has 0 bridgehead atoms. The minimum absolute atomic E-state index is 0.239. The van der Waals surface area contributed by atoms with Gasteiger partial charge in [0, 0.05) is 29.8 Å². The van der Waals surface area contributed by atoms with E-state index in [4.69, 9.17) is 0 Å². The fourth-order valence-corrected chi connectivity index (χ4v) is 5.91. The average molecular weight is 294 g/mol. The highest BCUT2D eigenvalue weighted by Gasteiger charge is 2.49. The zero-order valence-electron chi connectivity index (χ0n) is 11.9. The summed E-state index contributed by atoms with van der Waals surface area (Å²) >= 11 is 4.08. The molecule has 0 fully saturated rings. The molecule has 0 N–H and O–H groups in total. The van der Waals surface area contributed by atoms with E-state index in [0.29, 0.717) is 0 Å². The predicted octanol–water partition coefficient (Wildman–Crippen LogP) is 4.99. The highest BCUT2D eigenvalue weighted by Crippen LogP contribution is 2.61. The van der Waals surface area contributed by atoms with Gasteiger partial charge in [-0.15, -0.1) is 23.5 Å². The highest BCUT2D eigenvalue weighted by molar-refractivity contribution is 8.20. The zero-order valence-corrected chi connectivity index (χ0v) is 13.5. The third-order valence-corrected chi connectivity index (χ3v) is 7.24. The lowest BCUT2D eigenvalue weighted by atomic mass is 9.99. The van der Waals surface area contributed by atoms with E-state index in [2.05, 4.69) is 54.3 Å². The summed E-state index contributed by atoms with van der Waals surface area (Å²) in [5.41, 5.74) is 3.06. The van der Waals surface area contributed by atoms with Crippen molar-refractivity contribution in [1.29, 1.82) is 0 Å². The van der Waals surface area contributed by atoms with Crippen molar-refractivity contribution in [2.24, 2.45) is 5.92 Å². The van der Waals surface area contributed by atoms with Crippen LogP contribution in [-0.2, 0) is 0 Å². The number of hydrogen-bond donors (Lipinski definition) is 0. The first-order valence-electron chi connectivity index (χ1n) is 7.48. The number of thioether (sulfide) groups is 2. The van der Waals surface area contributed by atoms with Crippen molar-refractivity contribution in [2.75, 3.05) is 12.3 Å². The summed E-state index contributed by atoms with van der Waals surface area (Å²) in [6.07, 6.45) is 12.5. The van der Waals surface area contributed by atoms with Gasteiger partial charge in [0.25, 0.3) is 0 Å². The van der Waals surface area contributed by atoms with E-state index in [9.17, 15) is 0 Å². The fourth-order valence-electron chi connectivity index (χ4n) is 3.17. The molecule has 0 aromatic carbocycles. The molecule has 1 nitrogen and oxygen atoms in total. The van der Waals surface area contributed by atoms with E-state index in [0.717, 1.165) is 5.92 Å². The van der Waals surface area contributed by atoms with Crippen molar-refractivity contribution in [2.45, 2.75) is 43.6 Å². The molecular weight excluding hydrogens is 270 g/mol. The summed E-state index contributed by atoms with van der Waals surface area (Å²) < 4.78 is 0.239. The van der Waals surface area contributed by atoms with Crippen LogP contribution in [0.2, 0.25) is 0 Å². The molecule has 2 atom stereocenters. The Hall–Kier alpha value is -0.280. The van der Waals surface area contributed by atoms with Gasteiger partial charge in [0.05, 0.1) is 0 Å². The summed E-state index contributed by atoms with van der Waals surface area (Å²) in [6, 6.07) is 0. The lowest BCUT2D eigenvalue weighted by Crippen LogP contribution is -2.27. The summed E-state index contributed by atoms with van der Waals surface area (Å²) in [6.45, 7) is 5.84. The van der Waals surface area contributed by atoms with E-state index >= 15 is 0 Å². The molecule has 3 aliphatic heterocycles. The Morgan fingerprint density at radius 3 is 3.11 bits per heavy atom. The Labute approximate surface area is 125 Å². The Kier molecular flexibility index (Phi) is 4.04. The van der Waals surface area contributed by atoms with Crippen LogP contribution in [0.15, 0.2) is 35.0 Å². The van der Waals surface area contributed by atoms with Crippen LogP contribution < -0.4 is 0 Å². The second-order valence-corrected chi connectivity index (χ2v) is 8.20. The van der Waals surface area contributed by atoms with E-state index < -0.39 is 0 Å². The van der Waals surface area contributed by atoms with Gasteiger partial charge >= 0.3 is 0 Å². The van der Waals surface area contributed by atoms with Gasteiger partial charge < -0.3 is 4.90 Å². The van der Waals surface area contributed by atoms with E-state index in [1.165, 1.54) is 43.6 Å². The summed E-state index contributed by atoms with van der Waals surface area (Å²) in [5.74, 6) is 2.01. The van der Waals surface area contributed by atoms with Gasteiger partial charge in [-0.3, -0.25) is 0 Å². The second-order valence-electron chi connectivity index (χ2n) is 5.59. The second kappa shape index (κ2) is 5.61. The monoisotopic (exact) mass is 293 g/mol. The molecular formula is C16H23NS2. The summed E-state index contributed by atoms with van der Waals surface area (Å²) in [7, 11) is 0. The third kappa shape index (κ3) is 2.29. The maximum atomic E-state index is 2.55.